The zero-order valence-corrected chi connectivity index (χ0v) is 16.4. The molecule has 0 heterocycles. The lowest BCUT2D eigenvalue weighted by molar-refractivity contribution is -0.384. The van der Waals surface area contributed by atoms with Crippen LogP contribution in [0.25, 0.3) is 0 Å². The molecule has 0 aliphatic rings. The molecule has 2 aromatic rings. The summed E-state index contributed by atoms with van der Waals surface area (Å²) in [6.45, 7) is 2.99. The van der Waals surface area contributed by atoms with Crippen molar-refractivity contribution in [1.29, 1.82) is 0 Å². The first-order chi connectivity index (χ1) is 13.2. The largest absolute Gasteiger partial charge is 0.495 e. The lowest BCUT2D eigenvalue weighted by Crippen LogP contribution is -2.44. The van der Waals surface area contributed by atoms with E-state index in [4.69, 9.17) is 9.47 Å². The number of hydrogen-bond acceptors (Lipinski definition) is 7. The van der Waals surface area contributed by atoms with Gasteiger partial charge in [-0.3, -0.25) is 10.1 Å². The van der Waals surface area contributed by atoms with E-state index >= 15 is 0 Å². The first-order valence-electron chi connectivity index (χ1n) is 8.32. The Morgan fingerprint density at radius 1 is 1.21 bits per heavy atom. The number of rotatable bonds is 8. The number of carbonyl (C=O) groups excluding carboxylic acids is 1. The number of nitrogens with zero attached hydrogens (tertiary/aromatic N) is 2. The highest BCUT2D eigenvalue weighted by Crippen LogP contribution is 2.37. The molecule has 0 aliphatic heterocycles. The molecule has 0 saturated heterocycles. The van der Waals surface area contributed by atoms with Gasteiger partial charge in [-0.05, 0) is 32.0 Å². The van der Waals surface area contributed by atoms with Crippen molar-refractivity contribution in [2.24, 2.45) is 0 Å². The van der Waals surface area contributed by atoms with Crippen LogP contribution in [0, 0.1) is 10.1 Å². The van der Waals surface area contributed by atoms with Crippen molar-refractivity contribution in [2.45, 2.75) is 24.8 Å². The third-order valence-corrected chi connectivity index (χ3v) is 5.79. The summed E-state index contributed by atoms with van der Waals surface area (Å²) in [5.41, 5.74) is -0.485. The van der Waals surface area contributed by atoms with Gasteiger partial charge in [-0.2, -0.15) is 0 Å². The highest BCUT2D eigenvalue weighted by Gasteiger charge is 2.36. The van der Waals surface area contributed by atoms with Crippen LogP contribution < -0.4 is 9.04 Å². The molecule has 2 rings (SSSR count). The maximum atomic E-state index is 13.3. The normalized spacial score (nSPS) is 12.1. The van der Waals surface area contributed by atoms with E-state index in [2.05, 4.69) is 0 Å². The van der Waals surface area contributed by atoms with Crippen molar-refractivity contribution in [1.82, 2.24) is 0 Å². The lowest BCUT2D eigenvalue weighted by atomic mass is 10.2. The van der Waals surface area contributed by atoms with Gasteiger partial charge >= 0.3 is 5.97 Å². The number of anilines is 1. The van der Waals surface area contributed by atoms with E-state index in [1.165, 1.54) is 50.4 Å². The monoisotopic (exact) mass is 408 g/mol. The Morgan fingerprint density at radius 3 is 2.39 bits per heavy atom. The van der Waals surface area contributed by atoms with E-state index < -0.39 is 27.0 Å². The van der Waals surface area contributed by atoms with Crippen molar-refractivity contribution >= 4 is 27.4 Å². The molecule has 2 aromatic carbocycles. The minimum Gasteiger partial charge on any atom is -0.495 e. The van der Waals surface area contributed by atoms with E-state index in [1.54, 1.807) is 13.0 Å². The third-order valence-electron chi connectivity index (χ3n) is 3.89. The van der Waals surface area contributed by atoms with Crippen molar-refractivity contribution in [2.75, 3.05) is 18.0 Å². The highest BCUT2D eigenvalue weighted by molar-refractivity contribution is 7.93. The Labute approximate surface area is 162 Å². The fraction of sp³-hybridized carbons (Fsp3) is 0.278. The third kappa shape index (κ3) is 4.22. The summed E-state index contributed by atoms with van der Waals surface area (Å²) in [5.74, 6) is -0.739. The molecule has 0 bridgehead atoms. The van der Waals surface area contributed by atoms with Crippen LogP contribution in [0.15, 0.2) is 53.4 Å². The van der Waals surface area contributed by atoms with E-state index in [0.29, 0.717) is 0 Å². The quantitative estimate of drug-likeness (QED) is 0.374. The molecule has 0 fully saturated rings. The van der Waals surface area contributed by atoms with Crippen LogP contribution in [0.2, 0.25) is 0 Å². The summed E-state index contributed by atoms with van der Waals surface area (Å²) in [5, 5.41) is 11.2. The number of non-ortho nitro benzene ring substituents is 1. The van der Waals surface area contributed by atoms with E-state index in [9.17, 15) is 23.3 Å². The van der Waals surface area contributed by atoms with Crippen molar-refractivity contribution in [3.05, 3.63) is 58.6 Å². The Bertz CT molecular complexity index is 961. The van der Waals surface area contributed by atoms with Crippen LogP contribution in [-0.4, -0.2) is 39.1 Å². The maximum absolute atomic E-state index is 13.3. The first-order valence-corrected chi connectivity index (χ1v) is 9.76. The molecule has 0 aromatic heterocycles. The van der Waals surface area contributed by atoms with Crippen molar-refractivity contribution < 1.29 is 27.6 Å². The Hall–Kier alpha value is -3.14. The predicted octanol–water partition coefficient (Wildman–Crippen LogP) is 2.75. The number of carbonyl (C=O) groups is 1. The minimum absolute atomic E-state index is 0.0501. The van der Waals surface area contributed by atoms with Gasteiger partial charge in [0.05, 0.1) is 23.5 Å². The molecule has 10 heteroatoms. The number of ether oxygens (including phenoxy) is 2. The summed E-state index contributed by atoms with van der Waals surface area (Å²) in [7, 11) is -2.96. The van der Waals surface area contributed by atoms with Gasteiger partial charge in [-0.25, -0.2) is 17.5 Å². The summed E-state index contributed by atoms with van der Waals surface area (Å²) < 4.78 is 37.6. The van der Waals surface area contributed by atoms with Crippen LogP contribution >= 0.6 is 0 Å². The van der Waals surface area contributed by atoms with Crippen LogP contribution in [0.1, 0.15) is 13.8 Å². The molecular weight excluding hydrogens is 388 g/mol. The van der Waals surface area contributed by atoms with E-state index in [1.807, 2.05) is 0 Å². The SMILES string of the molecule is CCOC(=O)C(C)N(c1cc([N+](=O)[O-])ccc1OC)S(=O)(=O)c1ccccc1. The molecule has 0 saturated carbocycles. The number of nitro benzene ring substituents is 1. The number of sulfonamides is 1. The van der Waals surface area contributed by atoms with Gasteiger partial charge < -0.3 is 9.47 Å². The Balaban J connectivity index is 2.74. The Kier molecular flexibility index (Phi) is 6.57. The van der Waals surface area contributed by atoms with Gasteiger partial charge in [-0.15, -0.1) is 0 Å². The summed E-state index contributed by atoms with van der Waals surface area (Å²) in [4.78, 5) is 22.8. The maximum Gasteiger partial charge on any atom is 0.329 e. The van der Waals surface area contributed by atoms with Crippen LogP contribution in [0.5, 0.6) is 5.75 Å². The number of nitro groups is 1. The molecule has 28 heavy (non-hydrogen) atoms. The van der Waals surface area contributed by atoms with E-state index in [0.717, 1.165) is 10.4 Å². The number of methoxy groups -OCH3 is 1. The van der Waals surface area contributed by atoms with Gasteiger partial charge in [0.2, 0.25) is 0 Å². The topological polar surface area (TPSA) is 116 Å². The van der Waals surface area contributed by atoms with Gasteiger partial charge in [-0.1, -0.05) is 18.2 Å². The molecule has 0 radical (unpaired) electrons. The summed E-state index contributed by atoms with van der Waals surface area (Å²) >= 11 is 0. The average molecular weight is 408 g/mol. The molecular formula is C18H20N2O7S. The molecule has 0 aliphatic carbocycles. The molecule has 0 amide bonds. The molecule has 0 spiro atoms. The average Bonchev–Trinajstić information content (AvgIpc) is 2.68. The molecule has 9 nitrogen and oxygen atoms in total. The number of esters is 1. The minimum atomic E-state index is -4.26. The second-order valence-electron chi connectivity index (χ2n) is 5.66. The second-order valence-corrected chi connectivity index (χ2v) is 7.47. The van der Waals surface area contributed by atoms with Crippen LogP contribution in [-0.2, 0) is 19.6 Å². The predicted molar refractivity (Wildman–Crippen MR) is 102 cm³/mol. The van der Waals surface area contributed by atoms with Crippen molar-refractivity contribution in [3.63, 3.8) is 0 Å². The highest BCUT2D eigenvalue weighted by atomic mass is 32.2. The van der Waals surface area contributed by atoms with Crippen molar-refractivity contribution in [3.8, 4) is 5.75 Å². The fourth-order valence-corrected chi connectivity index (χ4v) is 4.21. The van der Waals surface area contributed by atoms with Crippen LogP contribution in [0.4, 0.5) is 11.4 Å². The molecule has 0 N–H and O–H groups in total. The van der Waals surface area contributed by atoms with E-state index in [-0.39, 0.29) is 28.6 Å². The molecule has 1 unspecified atom stereocenters. The van der Waals surface area contributed by atoms with Gasteiger partial charge in [0, 0.05) is 12.1 Å². The summed E-state index contributed by atoms with van der Waals surface area (Å²) in [6.07, 6.45) is 0. The second kappa shape index (κ2) is 8.70. The zero-order valence-electron chi connectivity index (χ0n) is 15.6. The molecule has 150 valence electrons. The number of hydrogen-bond donors (Lipinski definition) is 0. The number of benzene rings is 2. The van der Waals surface area contributed by atoms with Crippen LogP contribution in [0.3, 0.4) is 0 Å². The lowest BCUT2D eigenvalue weighted by Gasteiger charge is -2.30. The summed E-state index contributed by atoms with van der Waals surface area (Å²) in [6, 6.07) is 9.66. The zero-order chi connectivity index (χ0) is 20.9. The first kappa shape index (κ1) is 21.2. The van der Waals surface area contributed by atoms with Gasteiger partial charge in [0.15, 0.2) is 0 Å². The van der Waals surface area contributed by atoms with Gasteiger partial charge in [0.25, 0.3) is 15.7 Å². The molecule has 1 atom stereocenters. The standard InChI is InChI=1S/C18H20N2O7S/c1-4-27-18(21)13(2)19(28(24,25)15-8-6-5-7-9-15)16-12-14(20(22)23)10-11-17(16)26-3/h5-13H,4H2,1-3H3. The fourth-order valence-electron chi connectivity index (χ4n) is 2.58. The Morgan fingerprint density at radius 2 is 1.86 bits per heavy atom. The smallest absolute Gasteiger partial charge is 0.329 e. The van der Waals surface area contributed by atoms with Gasteiger partial charge in [0.1, 0.15) is 17.5 Å².